The molecule has 108 valence electrons. The molecule has 4 heteroatoms. The smallest absolute Gasteiger partial charge is 0.0775 e. The summed E-state index contributed by atoms with van der Waals surface area (Å²) in [5.74, 6) is 0. The molecule has 3 atom stereocenters. The molecule has 0 aliphatic carbocycles. The fourth-order valence-corrected chi connectivity index (χ4v) is 2.83. The number of hydrogen-bond acceptors (Lipinski definition) is 3. The van der Waals surface area contributed by atoms with E-state index < -0.39 is 0 Å². The molecule has 4 nitrogen and oxygen atoms in total. The zero-order valence-corrected chi connectivity index (χ0v) is 12.6. The summed E-state index contributed by atoms with van der Waals surface area (Å²) in [6.45, 7) is 9.38. The van der Waals surface area contributed by atoms with E-state index in [0.717, 1.165) is 37.9 Å². The van der Waals surface area contributed by atoms with Crippen LogP contribution in [0.15, 0.2) is 0 Å². The van der Waals surface area contributed by atoms with Gasteiger partial charge < -0.3 is 10.5 Å². The molecule has 19 heavy (non-hydrogen) atoms. The van der Waals surface area contributed by atoms with E-state index >= 15 is 0 Å². The monoisotopic (exact) mass is 265 g/mol. The predicted molar refractivity (Wildman–Crippen MR) is 77.2 cm³/mol. The van der Waals surface area contributed by atoms with Crippen molar-refractivity contribution < 1.29 is 4.74 Å². The van der Waals surface area contributed by atoms with Crippen LogP contribution < -0.4 is 5.73 Å². The third-order valence-electron chi connectivity index (χ3n) is 4.22. The van der Waals surface area contributed by atoms with E-state index in [2.05, 4.69) is 37.5 Å². The van der Waals surface area contributed by atoms with Gasteiger partial charge in [-0.25, -0.2) is 0 Å². The highest BCUT2D eigenvalue weighted by Crippen LogP contribution is 2.22. The topological polar surface area (TPSA) is 53.1 Å². The fraction of sp³-hybridized carbons (Fsp3) is 0.800. The Labute approximate surface area is 116 Å². The van der Waals surface area contributed by atoms with Crippen LogP contribution in [0.1, 0.15) is 50.1 Å². The lowest BCUT2D eigenvalue weighted by molar-refractivity contribution is 0.0433. The summed E-state index contributed by atoms with van der Waals surface area (Å²) in [5.41, 5.74) is 9.76. The van der Waals surface area contributed by atoms with Crippen molar-refractivity contribution in [2.45, 2.75) is 78.2 Å². The van der Waals surface area contributed by atoms with E-state index in [-0.39, 0.29) is 6.04 Å². The van der Waals surface area contributed by atoms with Crippen LogP contribution in [0, 0.1) is 13.8 Å². The van der Waals surface area contributed by atoms with Crippen LogP contribution in [-0.4, -0.2) is 28.0 Å². The number of nitrogens with two attached hydrogens (primary N) is 1. The van der Waals surface area contributed by atoms with Crippen molar-refractivity contribution >= 4 is 0 Å². The van der Waals surface area contributed by atoms with E-state index in [4.69, 9.17) is 10.5 Å². The number of aryl methyl sites for hydroxylation is 1. The van der Waals surface area contributed by atoms with Gasteiger partial charge in [-0.3, -0.25) is 4.68 Å². The molecule has 0 spiro atoms. The Kier molecular flexibility index (Phi) is 4.63. The molecule has 2 rings (SSSR count). The normalized spacial score (nSPS) is 24.9. The van der Waals surface area contributed by atoms with Crippen molar-refractivity contribution in [2.24, 2.45) is 5.73 Å². The van der Waals surface area contributed by atoms with Gasteiger partial charge in [0.2, 0.25) is 0 Å². The lowest BCUT2D eigenvalue weighted by atomic mass is 10.0. The average molecular weight is 265 g/mol. The van der Waals surface area contributed by atoms with Gasteiger partial charge in [0.05, 0.1) is 24.4 Å². The van der Waals surface area contributed by atoms with Gasteiger partial charge in [0.25, 0.3) is 0 Å². The molecule has 0 amide bonds. The summed E-state index contributed by atoms with van der Waals surface area (Å²) >= 11 is 0. The lowest BCUT2D eigenvalue weighted by Crippen LogP contribution is -2.22. The Morgan fingerprint density at radius 3 is 2.74 bits per heavy atom. The van der Waals surface area contributed by atoms with E-state index in [1.54, 1.807) is 0 Å². The van der Waals surface area contributed by atoms with Gasteiger partial charge in [-0.15, -0.1) is 0 Å². The first-order valence-electron chi connectivity index (χ1n) is 7.45. The Bertz CT molecular complexity index is 427. The first-order valence-corrected chi connectivity index (χ1v) is 7.45. The first-order chi connectivity index (χ1) is 9.01. The highest BCUT2D eigenvalue weighted by Gasteiger charge is 2.24. The van der Waals surface area contributed by atoms with Crippen LogP contribution in [0.5, 0.6) is 0 Å². The van der Waals surface area contributed by atoms with Gasteiger partial charge in [0, 0.05) is 11.7 Å². The Hall–Kier alpha value is -0.870. The molecule has 0 aromatic carbocycles. The average Bonchev–Trinajstić information content (AvgIpc) is 2.88. The van der Waals surface area contributed by atoms with Crippen molar-refractivity contribution in [1.29, 1.82) is 0 Å². The molecule has 0 saturated carbocycles. The minimum absolute atomic E-state index is 0.234. The number of nitrogens with zero attached hydrogens (tertiary/aromatic N) is 2. The maximum Gasteiger partial charge on any atom is 0.0775 e. The molecule has 2 N–H and O–H groups in total. The van der Waals surface area contributed by atoms with Gasteiger partial charge in [-0.2, -0.15) is 5.10 Å². The molecule has 1 aliphatic rings. The zero-order valence-electron chi connectivity index (χ0n) is 12.6. The van der Waals surface area contributed by atoms with Gasteiger partial charge in [-0.1, -0.05) is 6.92 Å². The Morgan fingerprint density at radius 1 is 1.42 bits per heavy atom. The third kappa shape index (κ3) is 3.37. The molecule has 1 aliphatic heterocycles. The predicted octanol–water partition coefficient (Wildman–Crippen LogP) is 2.35. The summed E-state index contributed by atoms with van der Waals surface area (Å²) < 4.78 is 7.99. The van der Waals surface area contributed by atoms with E-state index in [0.29, 0.717) is 12.2 Å². The maximum absolute atomic E-state index is 6.07. The van der Waals surface area contributed by atoms with E-state index in [1.807, 2.05) is 0 Å². The first kappa shape index (κ1) is 14.5. The van der Waals surface area contributed by atoms with Crippen LogP contribution in [-0.2, 0) is 17.7 Å². The second-order valence-electron chi connectivity index (χ2n) is 5.85. The maximum atomic E-state index is 6.07. The minimum Gasteiger partial charge on any atom is -0.373 e. The second kappa shape index (κ2) is 6.06. The standard InChI is InChI=1S/C15H27N3O/c1-5-13(16)8-15-11(3)17-18(12(15)4)9-14-7-6-10(2)19-14/h10,13-14H,5-9,16H2,1-4H3. The molecular weight excluding hydrogens is 238 g/mol. The van der Waals surface area contributed by atoms with E-state index in [1.165, 1.54) is 11.3 Å². The molecule has 1 saturated heterocycles. The second-order valence-corrected chi connectivity index (χ2v) is 5.85. The highest BCUT2D eigenvalue weighted by atomic mass is 16.5. The van der Waals surface area contributed by atoms with Crippen LogP contribution in [0.25, 0.3) is 0 Å². The molecule has 3 unspecified atom stereocenters. The van der Waals surface area contributed by atoms with Gasteiger partial charge in [0.15, 0.2) is 0 Å². The van der Waals surface area contributed by atoms with Crippen LogP contribution in [0.2, 0.25) is 0 Å². The Morgan fingerprint density at radius 2 is 2.16 bits per heavy atom. The fourth-order valence-electron chi connectivity index (χ4n) is 2.83. The van der Waals surface area contributed by atoms with Crippen molar-refractivity contribution in [2.75, 3.05) is 0 Å². The minimum atomic E-state index is 0.234. The quantitative estimate of drug-likeness (QED) is 0.889. The van der Waals surface area contributed by atoms with Gasteiger partial charge in [-0.05, 0) is 52.0 Å². The summed E-state index contributed by atoms with van der Waals surface area (Å²) in [7, 11) is 0. The molecule has 0 bridgehead atoms. The van der Waals surface area contributed by atoms with Gasteiger partial charge in [0.1, 0.15) is 0 Å². The van der Waals surface area contributed by atoms with E-state index in [9.17, 15) is 0 Å². The summed E-state index contributed by atoms with van der Waals surface area (Å²) in [6, 6.07) is 0.234. The van der Waals surface area contributed by atoms with Gasteiger partial charge >= 0.3 is 0 Å². The molecule has 2 heterocycles. The molecular formula is C15H27N3O. The number of ether oxygens (including phenoxy) is 1. The number of rotatable bonds is 5. The zero-order chi connectivity index (χ0) is 14.0. The summed E-state index contributed by atoms with van der Waals surface area (Å²) in [6.07, 6.45) is 4.96. The Balaban J connectivity index is 2.07. The molecule has 1 aromatic rings. The van der Waals surface area contributed by atoms with Crippen molar-refractivity contribution in [3.63, 3.8) is 0 Å². The van der Waals surface area contributed by atoms with Crippen molar-refractivity contribution in [3.05, 3.63) is 17.0 Å². The number of aromatic nitrogens is 2. The molecule has 1 aromatic heterocycles. The largest absolute Gasteiger partial charge is 0.373 e. The van der Waals surface area contributed by atoms with Crippen LogP contribution >= 0.6 is 0 Å². The lowest BCUT2D eigenvalue weighted by Gasteiger charge is -2.13. The van der Waals surface area contributed by atoms with Crippen LogP contribution in [0.3, 0.4) is 0 Å². The summed E-state index contributed by atoms with van der Waals surface area (Å²) in [5, 5.41) is 4.67. The summed E-state index contributed by atoms with van der Waals surface area (Å²) in [4.78, 5) is 0. The number of hydrogen-bond donors (Lipinski definition) is 1. The van der Waals surface area contributed by atoms with Crippen molar-refractivity contribution in [1.82, 2.24) is 9.78 Å². The van der Waals surface area contributed by atoms with Crippen LogP contribution in [0.4, 0.5) is 0 Å². The van der Waals surface area contributed by atoms with Crippen molar-refractivity contribution in [3.8, 4) is 0 Å². The highest BCUT2D eigenvalue weighted by molar-refractivity contribution is 5.25. The molecule has 0 radical (unpaired) electrons. The molecule has 1 fully saturated rings. The SMILES string of the molecule is CCC(N)Cc1c(C)nn(CC2CCC(C)O2)c1C. The third-order valence-corrected chi connectivity index (χ3v) is 4.22.